The minimum Gasteiger partial charge on any atom is -0.480 e. The first kappa shape index (κ1) is 27.6. The Labute approximate surface area is 225 Å². The van der Waals surface area contributed by atoms with Gasteiger partial charge in [0.25, 0.3) is 0 Å². The van der Waals surface area contributed by atoms with Crippen LogP contribution in [0.15, 0.2) is 48.5 Å². The molecule has 0 bridgehead atoms. The lowest BCUT2D eigenvalue weighted by molar-refractivity contribution is -0.142. The van der Waals surface area contributed by atoms with Crippen LogP contribution >= 0.6 is 0 Å². The van der Waals surface area contributed by atoms with Gasteiger partial charge in [0.15, 0.2) is 0 Å². The van der Waals surface area contributed by atoms with Crippen LogP contribution in [0.3, 0.4) is 0 Å². The highest BCUT2D eigenvalue weighted by molar-refractivity contribution is 5.99. The molecule has 2 aliphatic rings. The van der Waals surface area contributed by atoms with Crippen molar-refractivity contribution in [1.29, 1.82) is 0 Å². The van der Waals surface area contributed by atoms with Gasteiger partial charge in [-0.2, -0.15) is 0 Å². The largest absolute Gasteiger partial charge is 0.480 e. The van der Waals surface area contributed by atoms with Gasteiger partial charge in [0.2, 0.25) is 11.8 Å². The van der Waals surface area contributed by atoms with Crippen molar-refractivity contribution in [2.75, 3.05) is 26.2 Å². The molecule has 1 unspecified atom stereocenters. The van der Waals surface area contributed by atoms with E-state index in [9.17, 15) is 29.1 Å². The zero-order valence-electron chi connectivity index (χ0n) is 21.6. The number of benzene rings is 2. The quantitative estimate of drug-likeness (QED) is 0.322. The number of rotatable bonds is 11. The molecule has 1 heterocycles. The van der Waals surface area contributed by atoms with Crippen molar-refractivity contribution in [2.45, 2.75) is 38.1 Å². The number of urea groups is 1. The van der Waals surface area contributed by atoms with Gasteiger partial charge >= 0.3 is 18.1 Å². The molecule has 2 aromatic rings. The first-order valence-electron chi connectivity index (χ1n) is 13.0. The van der Waals surface area contributed by atoms with Crippen molar-refractivity contribution in [2.24, 2.45) is 5.92 Å². The van der Waals surface area contributed by atoms with Gasteiger partial charge in [0.1, 0.15) is 19.2 Å². The fourth-order valence-electron chi connectivity index (χ4n) is 4.92. The molecule has 39 heavy (non-hydrogen) atoms. The maximum absolute atomic E-state index is 12.3. The highest BCUT2D eigenvalue weighted by atomic mass is 16.5. The summed E-state index contributed by atoms with van der Waals surface area (Å²) in [5.74, 6) is -2.74. The highest BCUT2D eigenvalue weighted by Gasteiger charge is 2.31. The van der Waals surface area contributed by atoms with E-state index in [0.29, 0.717) is 12.8 Å². The Morgan fingerprint density at radius 1 is 1.05 bits per heavy atom. The van der Waals surface area contributed by atoms with Crippen molar-refractivity contribution in [3.63, 3.8) is 0 Å². The van der Waals surface area contributed by atoms with Crippen LogP contribution in [0.4, 0.5) is 9.59 Å². The number of carbonyl (C=O) groups is 5. The molecule has 1 aliphatic heterocycles. The molecule has 0 saturated carbocycles. The molecule has 206 valence electrons. The van der Waals surface area contributed by atoms with Crippen LogP contribution < -0.4 is 16.0 Å². The normalized spacial score (nSPS) is 17.1. The topological polar surface area (TPSA) is 154 Å². The number of nitrogens with zero attached hydrogens (tertiary/aromatic N) is 1. The molecule has 5 amide bonds. The summed E-state index contributed by atoms with van der Waals surface area (Å²) in [6, 6.07) is 14.3. The van der Waals surface area contributed by atoms with Gasteiger partial charge in [-0.15, -0.1) is 0 Å². The fourth-order valence-corrected chi connectivity index (χ4v) is 4.92. The minimum absolute atomic E-state index is 0.0391. The second kappa shape index (κ2) is 12.4. The maximum Gasteiger partial charge on any atom is 0.407 e. The van der Waals surface area contributed by atoms with E-state index in [2.05, 4.69) is 28.1 Å². The molecule has 0 aromatic heterocycles. The summed E-state index contributed by atoms with van der Waals surface area (Å²) in [5.41, 5.74) is 4.53. The third kappa shape index (κ3) is 6.73. The van der Waals surface area contributed by atoms with Crippen LogP contribution in [0.25, 0.3) is 11.1 Å². The molecular formula is C28H32N4O7. The van der Waals surface area contributed by atoms with Crippen molar-refractivity contribution in [3.8, 4) is 11.1 Å². The number of carboxylic acids is 1. The number of imide groups is 1. The van der Waals surface area contributed by atoms with E-state index >= 15 is 0 Å². The van der Waals surface area contributed by atoms with Crippen LogP contribution in [0.2, 0.25) is 0 Å². The van der Waals surface area contributed by atoms with E-state index in [1.807, 2.05) is 36.4 Å². The Kier molecular flexibility index (Phi) is 8.80. The SMILES string of the molecule is CC1CN(CC(=O)N[C@@H](CCCCNC(=O)OCC2c3ccccc3-c3ccccc32)C(=O)O)C(=O)NC1=O. The first-order chi connectivity index (χ1) is 18.7. The number of carbonyl (C=O) groups excluding carboxylic acids is 4. The lowest BCUT2D eigenvalue weighted by Crippen LogP contribution is -2.56. The second-order valence-electron chi connectivity index (χ2n) is 9.78. The summed E-state index contributed by atoms with van der Waals surface area (Å²) in [5, 5.41) is 16.7. The number of fused-ring (bicyclic) bond motifs is 3. The molecule has 2 atom stereocenters. The number of ether oxygens (including phenoxy) is 1. The molecule has 1 fully saturated rings. The average Bonchev–Trinajstić information content (AvgIpc) is 3.23. The molecule has 1 saturated heterocycles. The van der Waals surface area contributed by atoms with Crippen molar-refractivity contribution < 1.29 is 33.8 Å². The second-order valence-corrected chi connectivity index (χ2v) is 9.78. The Balaban J connectivity index is 1.16. The van der Waals surface area contributed by atoms with E-state index in [4.69, 9.17) is 4.74 Å². The van der Waals surface area contributed by atoms with E-state index < -0.39 is 41.9 Å². The predicted octanol–water partition coefficient (Wildman–Crippen LogP) is 2.45. The molecular weight excluding hydrogens is 504 g/mol. The van der Waals surface area contributed by atoms with Crippen molar-refractivity contribution >= 4 is 29.9 Å². The molecule has 0 radical (unpaired) electrons. The number of aliphatic carboxylic acids is 1. The average molecular weight is 537 g/mol. The predicted molar refractivity (Wildman–Crippen MR) is 141 cm³/mol. The van der Waals surface area contributed by atoms with Gasteiger partial charge in [-0.3, -0.25) is 14.9 Å². The van der Waals surface area contributed by atoms with Crippen molar-refractivity contribution in [3.05, 3.63) is 59.7 Å². The van der Waals surface area contributed by atoms with Crippen molar-refractivity contribution in [1.82, 2.24) is 20.9 Å². The third-order valence-electron chi connectivity index (χ3n) is 6.96. The Bertz CT molecular complexity index is 1220. The molecule has 11 heteroatoms. The van der Waals surface area contributed by atoms with Crippen LogP contribution in [0.5, 0.6) is 0 Å². The summed E-state index contributed by atoms with van der Waals surface area (Å²) in [6.07, 6.45) is 0.510. The summed E-state index contributed by atoms with van der Waals surface area (Å²) >= 11 is 0. The third-order valence-corrected chi connectivity index (χ3v) is 6.96. The highest BCUT2D eigenvalue weighted by Crippen LogP contribution is 2.44. The summed E-state index contributed by atoms with van der Waals surface area (Å²) in [7, 11) is 0. The van der Waals surface area contributed by atoms with Gasteiger partial charge in [-0.25, -0.2) is 14.4 Å². The Morgan fingerprint density at radius 3 is 2.33 bits per heavy atom. The van der Waals surface area contributed by atoms with E-state index in [1.54, 1.807) is 6.92 Å². The number of hydrogen-bond donors (Lipinski definition) is 4. The van der Waals surface area contributed by atoms with Crippen LogP contribution in [-0.2, 0) is 19.1 Å². The Hall–Kier alpha value is -4.41. The molecule has 11 nitrogen and oxygen atoms in total. The molecule has 2 aromatic carbocycles. The monoisotopic (exact) mass is 536 g/mol. The first-order valence-corrected chi connectivity index (χ1v) is 13.0. The lowest BCUT2D eigenvalue weighted by Gasteiger charge is -2.30. The molecule has 0 spiro atoms. The van der Waals surface area contributed by atoms with E-state index in [0.717, 1.165) is 22.3 Å². The number of nitrogens with one attached hydrogen (secondary N) is 3. The van der Waals surface area contributed by atoms with Crippen LogP contribution in [-0.4, -0.2) is 72.2 Å². The standard InChI is InChI=1S/C28H32N4O7/c1-17-14-32(27(37)31-25(17)34)15-24(33)30-23(26(35)36)12-6-7-13-29-28(38)39-16-22-20-10-4-2-8-18(20)19-9-3-5-11-21(19)22/h2-5,8-11,17,22-23H,6-7,12-16H2,1H3,(H,29,38)(H,30,33)(H,35,36)(H,31,34,37)/t17?,23-/m0/s1. The minimum atomic E-state index is -1.19. The zero-order valence-corrected chi connectivity index (χ0v) is 21.6. The van der Waals surface area contributed by atoms with E-state index in [-0.39, 0.29) is 38.6 Å². The number of carboxylic acid groups (broad SMARTS) is 1. The van der Waals surface area contributed by atoms with Gasteiger partial charge in [-0.05, 0) is 41.5 Å². The van der Waals surface area contributed by atoms with E-state index in [1.165, 1.54) is 4.90 Å². The van der Waals surface area contributed by atoms with Crippen LogP contribution in [0.1, 0.15) is 43.2 Å². The number of amides is 5. The number of alkyl carbamates (subject to hydrolysis) is 1. The molecule has 1 aliphatic carbocycles. The Morgan fingerprint density at radius 2 is 1.69 bits per heavy atom. The van der Waals surface area contributed by atoms with Gasteiger partial charge in [-0.1, -0.05) is 55.5 Å². The summed E-state index contributed by atoms with van der Waals surface area (Å²) in [4.78, 5) is 60.8. The van der Waals surface area contributed by atoms with Gasteiger partial charge in [0.05, 0.1) is 5.92 Å². The summed E-state index contributed by atoms with van der Waals surface area (Å²) < 4.78 is 5.49. The van der Waals surface area contributed by atoms with Gasteiger partial charge < -0.3 is 25.4 Å². The summed E-state index contributed by atoms with van der Waals surface area (Å²) in [6.45, 7) is 1.85. The maximum atomic E-state index is 12.3. The fraction of sp³-hybridized carbons (Fsp3) is 0.393. The number of unbranched alkanes of at least 4 members (excludes halogenated alkanes) is 1. The van der Waals surface area contributed by atoms with Gasteiger partial charge in [0, 0.05) is 19.0 Å². The lowest BCUT2D eigenvalue weighted by atomic mass is 9.98. The smallest absolute Gasteiger partial charge is 0.407 e. The molecule has 4 N–H and O–H groups in total. The number of hydrogen-bond acceptors (Lipinski definition) is 6. The molecule has 4 rings (SSSR count). The van der Waals surface area contributed by atoms with Crippen LogP contribution in [0, 0.1) is 5.92 Å². The zero-order chi connectivity index (χ0) is 27.9.